The van der Waals surface area contributed by atoms with Gasteiger partial charge in [-0.1, -0.05) is 32.0 Å². The molecule has 26 heavy (non-hydrogen) atoms. The zero-order valence-electron chi connectivity index (χ0n) is 16.4. The molecule has 0 aliphatic carbocycles. The summed E-state index contributed by atoms with van der Waals surface area (Å²) in [5.74, 6) is 2.18. The number of rotatable bonds is 7. The number of aromatic nitrogens is 1. The first kappa shape index (κ1) is 19.8. The fraction of sp³-hybridized carbons (Fsp3) is 0.429. The van der Waals surface area contributed by atoms with Crippen LogP contribution in [0.1, 0.15) is 43.6 Å². The maximum Gasteiger partial charge on any atom is 0.191 e. The van der Waals surface area contributed by atoms with Crippen LogP contribution in [0.25, 0.3) is 0 Å². The quantitative estimate of drug-likeness (QED) is 0.586. The summed E-state index contributed by atoms with van der Waals surface area (Å²) in [4.78, 5) is 8.71. The summed E-state index contributed by atoms with van der Waals surface area (Å²) in [6.07, 6.45) is 1.81. The van der Waals surface area contributed by atoms with Crippen LogP contribution in [-0.2, 0) is 6.54 Å². The minimum absolute atomic E-state index is 0.130. The number of benzene rings is 1. The molecule has 5 nitrogen and oxygen atoms in total. The summed E-state index contributed by atoms with van der Waals surface area (Å²) in [5.41, 5.74) is 3.37. The first-order chi connectivity index (χ1) is 12.5. The van der Waals surface area contributed by atoms with Crippen LogP contribution in [0.2, 0.25) is 0 Å². The first-order valence-corrected chi connectivity index (χ1v) is 9.10. The van der Waals surface area contributed by atoms with E-state index in [2.05, 4.69) is 66.5 Å². The Labute approximate surface area is 156 Å². The lowest BCUT2D eigenvalue weighted by Crippen LogP contribution is -2.38. The molecule has 0 saturated heterocycles. The second-order valence-corrected chi connectivity index (χ2v) is 6.83. The van der Waals surface area contributed by atoms with Crippen molar-refractivity contribution >= 4 is 5.96 Å². The van der Waals surface area contributed by atoms with Crippen LogP contribution < -0.4 is 15.4 Å². The Hall–Kier alpha value is -2.56. The van der Waals surface area contributed by atoms with E-state index in [1.165, 1.54) is 11.1 Å². The Bertz CT molecular complexity index is 710. The van der Waals surface area contributed by atoms with Gasteiger partial charge in [-0.25, -0.2) is 0 Å². The lowest BCUT2D eigenvalue weighted by atomic mass is 10.1. The van der Waals surface area contributed by atoms with Crippen LogP contribution in [0.15, 0.2) is 47.6 Å². The van der Waals surface area contributed by atoms with E-state index in [0.717, 1.165) is 24.0 Å². The van der Waals surface area contributed by atoms with Crippen LogP contribution in [0.5, 0.6) is 5.75 Å². The Kier molecular flexibility index (Phi) is 7.45. The number of guanidine groups is 1. The standard InChI is InChI=1S/C21H30N4O/c1-15(2)14-26-19-10-8-18(9-11-19)17(4)25-21(22-5)24-13-20-16(3)7-6-12-23-20/h6-12,15,17H,13-14H2,1-5H3,(H2,22,24,25). The highest BCUT2D eigenvalue weighted by molar-refractivity contribution is 5.80. The average molecular weight is 354 g/mol. The monoisotopic (exact) mass is 354 g/mol. The van der Waals surface area contributed by atoms with Gasteiger partial charge in [0.1, 0.15) is 5.75 Å². The molecule has 0 aliphatic rings. The molecule has 2 aromatic rings. The Morgan fingerprint density at radius 3 is 2.50 bits per heavy atom. The highest BCUT2D eigenvalue weighted by atomic mass is 16.5. The Balaban J connectivity index is 1.90. The largest absolute Gasteiger partial charge is 0.493 e. The van der Waals surface area contributed by atoms with E-state index in [0.29, 0.717) is 12.5 Å². The SMILES string of the molecule is CN=C(NCc1ncccc1C)NC(C)c1ccc(OCC(C)C)cc1. The molecule has 0 amide bonds. The Morgan fingerprint density at radius 1 is 1.15 bits per heavy atom. The van der Waals surface area contributed by atoms with Gasteiger partial charge in [-0.2, -0.15) is 0 Å². The molecule has 0 spiro atoms. The molecular weight excluding hydrogens is 324 g/mol. The van der Waals surface area contributed by atoms with Crippen molar-refractivity contribution in [1.82, 2.24) is 15.6 Å². The predicted molar refractivity (Wildman–Crippen MR) is 107 cm³/mol. The number of pyridine rings is 1. The van der Waals surface area contributed by atoms with Crippen molar-refractivity contribution in [2.75, 3.05) is 13.7 Å². The van der Waals surface area contributed by atoms with Gasteiger partial charge in [0.15, 0.2) is 5.96 Å². The number of ether oxygens (including phenoxy) is 1. The summed E-state index contributed by atoms with van der Waals surface area (Å²) < 4.78 is 5.74. The third kappa shape index (κ3) is 6.06. The summed E-state index contributed by atoms with van der Waals surface area (Å²) in [6, 6.07) is 12.3. The van der Waals surface area contributed by atoms with E-state index in [1.54, 1.807) is 7.05 Å². The van der Waals surface area contributed by atoms with E-state index in [-0.39, 0.29) is 6.04 Å². The molecule has 1 unspecified atom stereocenters. The van der Waals surface area contributed by atoms with Gasteiger partial charge in [0.25, 0.3) is 0 Å². The Morgan fingerprint density at radius 2 is 1.88 bits per heavy atom. The van der Waals surface area contributed by atoms with Crippen molar-refractivity contribution < 1.29 is 4.74 Å². The van der Waals surface area contributed by atoms with E-state index in [4.69, 9.17) is 4.74 Å². The predicted octanol–water partition coefficient (Wildman–Crippen LogP) is 3.85. The van der Waals surface area contributed by atoms with Gasteiger partial charge in [0.05, 0.1) is 24.9 Å². The van der Waals surface area contributed by atoms with Crippen LogP contribution in [0.4, 0.5) is 0 Å². The van der Waals surface area contributed by atoms with E-state index in [1.807, 2.05) is 24.4 Å². The molecule has 1 atom stereocenters. The highest BCUT2D eigenvalue weighted by Crippen LogP contribution is 2.18. The summed E-state index contributed by atoms with van der Waals surface area (Å²) in [5, 5.41) is 6.74. The van der Waals surface area contributed by atoms with Crippen molar-refractivity contribution in [1.29, 1.82) is 0 Å². The summed E-state index contributed by atoms with van der Waals surface area (Å²) >= 11 is 0. The van der Waals surface area contributed by atoms with Crippen LogP contribution in [0, 0.1) is 12.8 Å². The molecular formula is C21H30N4O. The number of nitrogens with zero attached hydrogens (tertiary/aromatic N) is 2. The highest BCUT2D eigenvalue weighted by Gasteiger charge is 2.09. The maximum atomic E-state index is 5.74. The van der Waals surface area contributed by atoms with Crippen LogP contribution in [0.3, 0.4) is 0 Å². The fourth-order valence-electron chi connectivity index (χ4n) is 2.47. The molecule has 5 heteroatoms. The number of hydrogen-bond acceptors (Lipinski definition) is 3. The van der Waals surface area contributed by atoms with Gasteiger partial charge in [-0.3, -0.25) is 9.98 Å². The second kappa shape index (κ2) is 9.80. The fourth-order valence-corrected chi connectivity index (χ4v) is 2.47. The lowest BCUT2D eigenvalue weighted by molar-refractivity contribution is 0.271. The second-order valence-electron chi connectivity index (χ2n) is 6.83. The molecule has 0 radical (unpaired) electrons. The van der Waals surface area contributed by atoms with Crippen LogP contribution >= 0.6 is 0 Å². The number of hydrogen-bond donors (Lipinski definition) is 2. The summed E-state index contributed by atoms with van der Waals surface area (Å²) in [7, 11) is 1.77. The first-order valence-electron chi connectivity index (χ1n) is 9.10. The van der Waals surface area contributed by atoms with E-state index >= 15 is 0 Å². The third-order valence-corrected chi connectivity index (χ3v) is 4.08. The number of nitrogens with one attached hydrogen (secondary N) is 2. The van der Waals surface area contributed by atoms with Crippen LogP contribution in [-0.4, -0.2) is 24.6 Å². The van der Waals surface area contributed by atoms with Gasteiger partial charge >= 0.3 is 0 Å². The van der Waals surface area contributed by atoms with Crippen molar-refractivity contribution in [3.8, 4) is 5.75 Å². The third-order valence-electron chi connectivity index (χ3n) is 4.08. The van der Waals surface area contributed by atoms with Gasteiger partial charge in [0, 0.05) is 13.2 Å². The van der Waals surface area contributed by atoms with Gasteiger partial charge in [0.2, 0.25) is 0 Å². The van der Waals surface area contributed by atoms with Crippen molar-refractivity contribution in [3.05, 3.63) is 59.4 Å². The van der Waals surface area contributed by atoms with Gasteiger partial charge in [-0.15, -0.1) is 0 Å². The molecule has 0 aliphatic heterocycles. The zero-order chi connectivity index (χ0) is 18.9. The van der Waals surface area contributed by atoms with E-state index < -0.39 is 0 Å². The lowest BCUT2D eigenvalue weighted by Gasteiger charge is -2.19. The molecule has 1 heterocycles. The molecule has 1 aromatic heterocycles. The van der Waals surface area contributed by atoms with E-state index in [9.17, 15) is 0 Å². The molecule has 2 rings (SSSR count). The van der Waals surface area contributed by atoms with Crippen molar-refractivity contribution in [2.24, 2.45) is 10.9 Å². The normalized spacial score (nSPS) is 12.8. The topological polar surface area (TPSA) is 58.5 Å². The number of aryl methyl sites for hydroxylation is 1. The summed E-state index contributed by atoms with van der Waals surface area (Å²) in [6.45, 7) is 9.84. The number of aliphatic imine (C=N–C) groups is 1. The molecule has 0 saturated carbocycles. The molecule has 1 aromatic carbocycles. The molecule has 0 fully saturated rings. The minimum atomic E-state index is 0.130. The van der Waals surface area contributed by atoms with Crippen molar-refractivity contribution in [3.63, 3.8) is 0 Å². The van der Waals surface area contributed by atoms with Gasteiger partial charge < -0.3 is 15.4 Å². The maximum absolute atomic E-state index is 5.74. The zero-order valence-corrected chi connectivity index (χ0v) is 16.4. The van der Waals surface area contributed by atoms with Gasteiger partial charge in [-0.05, 0) is 49.1 Å². The minimum Gasteiger partial charge on any atom is -0.493 e. The smallest absolute Gasteiger partial charge is 0.191 e. The van der Waals surface area contributed by atoms with Crippen molar-refractivity contribution in [2.45, 2.75) is 40.3 Å². The molecule has 140 valence electrons. The molecule has 0 bridgehead atoms. The average Bonchev–Trinajstić information content (AvgIpc) is 2.64. The molecule has 2 N–H and O–H groups in total.